The number of thioether (sulfide) groups is 1. The summed E-state index contributed by atoms with van der Waals surface area (Å²) >= 11 is 1.48. The van der Waals surface area contributed by atoms with Gasteiger partial charge in [-0.3, -0.25) is 9.59 Å². The first kappa shape index (κ1) is 15.6. The molecule has 1 aromatic carbocycles. The summed E-state index contributed by atoms with van der Waals surface area (Å²) in [6.45, 7) is 5.63. The number of nitrogens with one attached hydrogen (secondary N) is 1. The lowest BCUT2D eigenvalue weighted by atomic mass is 10.3. The molecule has 1 N–H and O–H groups in total. The number of hydrogen-bond acceptors (Lipinski definition) is 4. The van der Waals surface area contributed by atoms with Crippen molar-refractivity contribution < 1.29 is 14.3 Å². The summed E-state index contributed by atoms with van der Waals surface area (Å²) in [7, 11) is 0. The zero-order valence-electron chi connectivity index (χ0n) is 11.4. The summed E-state index contributed by atoms with van der Waals surface area (Å²) < 4.78 is 5.03. The van der Waals surface area contributed by atoms with Crippen molar-refractivity contribution >= 4 is 29.3 Å². The molecule has 0 heterocycles. The second kappa shape index (κ2) is 7.84. The Morgan fingerprint density at radius 1 is 1.26 bits per heavy atom. The van der Waals surface area contributed by atoms with E-state index in [9.17, 15) is 9.59 Å². The number of carbonyl (C=O) groups is 2. The van der Waals surface area contributed by atoms with Crippen LogP contribution in [0.1, 0.15) is 27.2 Å². The molecule has 1 amide bonds. The molecule has 5 heteroatoms. The highest BCUT2D eigenvalue weighted by Crippen LogP contribution is 2.27. The van der Waals surface area contributed by atoms with Crippen LogP contribution in [0, 0.1) is 0 Å². The van der Waals surface area contributed by atoms with Crippen LogP contribution in [0.3, 0.4) is 0 Å². The van der Waals surface area contributed by atoms with Crippen molar-refractivity contribution in [3.63, 3.8) is 0 Å². The summed E-state index contributed by atoms with van der Waals surface area (Å²) in [5.41, 5.74) is 0.751. The molecule has 4 nitrogen and oxygen atoms in total. The number of rotatable bonds is 6. The van der Waals surface area contributed by atoms with Crippen molar-refractivity contribution in [2.45, 2.75) is 37.3 Å². The topological polar surface area (TPSA) is 55.4 Å². The van der Waals surface area contributed by atoms with Crippen LogP contribution in [-0.4, -0.2) is 23.7 Å². The SMILES string of the molecule is CCOC(=O)C(CC)Sc1ccc(NC(C)=O)cc1. The van der Waals surface area contributed by atoms with Gasteiger partial charge in [-0.2, -0.15) is 0 Å². The highest BCUT2D eigenvalue weighted by Gasteiger charge is 2.18. The molecule has 19 heavy (non-hydrogen) atoms. The lowest BCUT2D eigenvalue weighted by Gasteiger charge is -2.13. The monoisotopic (exact) mass is 281 g/mol. The Bertz CT molecular complexity index is 431. The van der Waals surface area contributed by atoms with Gasteiger partial charge in [-0.15, -0.1) is 11.8 Å². The Morgan fingerprint density at radius 3 is 2.37 bits per heavy atom. The maximum atomic E-state index is 11.7. The van der Waals surface area contributed by atoms with E-state index < -0.39 is 0 Å². The average Bonchev–Trinajstić information content (AvgIpc) is 2.37. The standard InChI is InChI=1S/C14H19NO3S/c1-4-13(14(17)18-5-2)19-12-8-6-11(7-9-12)15-10(3)16/h6-9,13H,4-5H2,1-3H3,(H,15,16). The molecule has 0 saturated heterocycles. The van der Waals surface area contributed by atoms with Crippen molar-refractivity contribution in [2.75, 3.05) is 11.9 Å². The normalized spacial score (nSPS) is 11.7. The van der Waals surface area contributed by atoms with Crippen LogP contribution in [0.4, 0.5) is 5.69 Å². The molecular formula is C14H19NO3S. The van der Waals surface area contributed by atoms with Crippen LogP contribution in [0.15, 0.2) is 29.2 Å². The molecule has 1 rings (SSSR count). The first-order chi connectivity index (χ1) is 9.06. The van der Waals surface area contributed by atoms with Crippen molar-refractivity contribution in [1.29, 1.82) is 0 Å². The fourth-order valence-electron chi connectivity index (χ4n) is 1.52. The molecule has 0 saturated carbocycles. The Hall–Kier alpha value is -1.49. The Kier molecular flexibility index (Phi) is 6.42. The molecule has 0 fully saturated rings. The highest BCUT2D eigenvalue weighted by molar-refractivity contribution is 8.00. The van der Waals surface area contributed by atoms with E-state index in [1.807, 2.05) is 31.2 Å². The average molecular weight is 281 g/mol. The van der Waals surface area contributed by atoms with E-state index in [2.05, 4.69) is 5.32 Å². The van der Waals surface area contributed by atoms with E-state index in [0.717, 1.165) is 17.0 Å². The minimum absolute atomic E-state index is 0.0987. The van der Waals surface area contributed by atoms with Crippen molar-refractivity contribution in [2.24, 2.45) is 0 Å². The Labute approximate surface area is 117 Å². The Balaban J connectivity index is 2.65. The molecule has 0 aliphatic heterocycles. The van der Waals surface area contributed by atoms with Crippen LogP contribution in [0.2, 0.25) is 0 Å². The van der Waals surface area contributed by atoms with Gasteiger partial charge in [0.2, 0.25) is 5.91 Å². The van der Waals surface area contributed by atoms with E-state index >= 15 is 0 Å². The molecule has 1 aromatic rings. The van der Waals surface area contributed by atoms with Crippen LogP contribution < -0.4 is 5.32 Å². The number of benzene rings is 1. The second-order valence-electron chi connectivity index (χ2n) is 3.97. The third kappa shape index (κ3) is 5.34. The molecule has 1 atom stereocenters. The summed E-state index contributed by atoms with van der Waals surface area (Å²) in [5.74, 6) is -0.278. The Morgan fingerprint density at radius 2 is 1.89 bits per heavy atom. The zero-order chi connectivity index (χ0) is 14.3. The number of carbonyl (C=O) groups excluding carboxylic acids is 2. The van der Waals surface area contributed by atoms with Crippen LogP contribution >= 0.6 is 11.8 Å². The second-order valence-corrected chi connectivity index (χ2v) is 5.25. The fraction of sp³-hybridized carbons (Fsp3) is 0.429. The van der Waals surface area contributed by atoms with Crippen molar-refractivity contribution in [3.8, 4) is 0 Å². The molecule has 0 bridgehead atoms. The lowest BCUT2D eigenvalue weighted by Crippen LogP contribution is -2.19. The number of anilines is 1. The first-order valence-corrected chi connectivity index (χ1v) is 7.15. The van der Waals surface area contributed by atoms with Gasteiger partial charge in [-0.05, 0) is 37.6 Å². The van der Waals surface area contributed by atoms with Gasteiger partial charge in [0.15, 0.2) is 0 Å². The summed E-state index contributed by atoms with van der Waals surface area (Å²) in [4.78, 5) is 23.6. The minimum Gasteiger partial charge on any atom is -0.465 e. The molecule has 0 radical (unpaired) electrons. The molecule has 1 unspecified atom stereocenters. The maximum absolute atomic E-state index is 11.7. The van der Waals surface area contributed by atoms with Gasteiger partial charge in [0.05, 0.1) is 6.61 Å². The van der Waals surface area contributed by atoms with Gasteiger partial charge in [-0.25, -0.2) is 0 Å². The predicted molar refractivity (Wildman–Crippen MR) is 77.3 cm³/mol. The van der Waals surface area contributed by atoms with Crippen LogP contribution in [0.5, 0.6) is 0 Å². The lowest BCUT2D eigenvalue weighted by molar-refractivity contribution is -0.142. The van der Waals surface area contributed by atoms with Gasteiger partial charge >= 0.3 is 5.97 Å². The number of ether oxygens (including phenoxy) is 1. The molecule has 0 spiro atoms. The van der Waals surface area contributed by atoms with Gasteiger partial charge < -0.3 is 10.1 Å². The molecule has 0 aromatic heterocycles. The maximum Gasteiger partial charge on any atom is 0.319 e. The summed E-state index contributed by atoms with van der Waals surface area (Å²) in [6, 6.07) is 7.42. The van der Waals surface area contributed by atoms with Crippen molar-refractivity contribution in [3.05, 3.63) is 24.3 Å². The van der Waals surface area contributed by atoms with E-state index in [4.69, 9.17) is 4.74 Å². The van der Waals surface area contributed by atoms with Crippen LogP contribution in [-0.2, 0) is 14.3 Å². The third-order valence-corrected chi connectivity index (χ3v) is 3.73. The van der Waals surface area contributed by atoms with Gasteiger partial charge in [0, 0.05) is 17.5 Å². The number of esters is 1. The van der Waals surface area contributed by atoms with Crippen LogP contribution in [0.25, 0.3) is 0 Å². The first-order valence-electron chi connectivity index (χ1n) is 6.27. The summed E-state index contributed by atoms with van der Waals surface area (Å²) in [5, 5.41) is 2.51. The molecule has 0 aliphatic carbocycles. The van der Waals surface area contributed by atoms with Gasteiger partial charge in [0.25, 0.3) is 0 Å². The fourth-order valence-corrected chi connectivity index (χ4v) is 2.47. The zero-order valence-corrected chi connectivity index (χ0v) is 12.3. The van der Waals surface area contributed by atoms with E-state index in [1.165, 1.54) is 18.7 Å². The third-order valence-electron chi connectivity index (χ3n) is 2.37. The molecular weight excluding hydrogens is 262 g/mol. The summed E-state index contributed by atoms with van der Waals surface area (Å²) in [6.07, 6.45) is 0.719. The van der Waals surface area contributed by atoms with E-state index in [1.54, 1.807) is 6.92 Å². The van der Waals surface area contributed by atoms with Gasteiger partial charge in [0.1, 0.15) is 5.25 Å². The minimum atomic E-state index is -0.188. The number of hydrogen-bond donors (Lipinski definition) is 1. The largest absolute Gasteiger partial charge is 0.465 e. The predicted octanol–water partition coefficient (Wildman–Crippen LogP) is 3.08. The van der Waals surface area contributed by atoms with Gasteiger partial charge in [-0.1, -0.05) is 6.92 Å². The van der Waals surface area contributed by atoms with E-state index in [0.29, 0.717) is 6.61 Å². The van der Waals surface area contributed by atoms with E-state index in [-0.39, 0.29) is 17.1 Å². The number of amides is 1. The quantitative estimate of drug-likeness (QED) is 0.643. The molecule has 0 aliphatic rings. The van der Waals surface area contributed by atoms with Crippen molar-refractivity contribution in [1.82, 2.24) is 0 Å². The smallest absolute Gasteiger partial charge is 0.319 e. The molecule has 104 valence electrons. The highest BCUT2D eigenvalue weighted by atomic mass is 32.2.